The van der Waals surface area contributed by atoms with Crippen LogP contribution in [-0.4, -0.2) is 76.3 Å². The number of hydrogen-bond donors (Lipinski definition) is 5. The Morgan fingerprint density at radius 3 is 2.46 bits per heavy atom. The number of Topliss-reactive ketones (excluding diaryl/α,β-unsaturated/α-hetero) is 1. The number of aliphatic hydroxyl groups excluding tert-OH is 3. The molecule has 2 saturated carbocycles. The molecule has 4 aliphatic carbocycles. The molecule has 6 rings (SSSR count). The number of allylic oxidation sites excluding steroid dienone is 3. The molecule has 0 radical (unpaired) electrons. The molecule has 1 saturated heterocycles. The van der Waals surface area contributed by atoms with Crippen LogP contribution in [0, 0.1) is 40.4 Å². The van der Waals surface area contributed by atoms with E-state index in [0.717, 1.165) is 5.56 Å². The smallest absolute Gasteiger partial charge is 0.235 e. The number of carbonyl (C=O) groups excluding carboxylic acids is 4. The first-order chi connectivity index (χ1) is 22.8. The Hall–Kier alpha value is -3.70. The summed E-state index contributed by atoms with van der Waals surface area (Å²) in [7, 11) is 1.36. The fourth-order valence-electron chi connectivity index (χ4n) is 9.67. The predicted octanol–water partition coefficient (Wildman–Crippen LogP) is 2.12. The molecule has 1 aliphatic heterocycles. The third kappa shape index (κ3) is 4.75. The molecule has 3 fully saturated rings. The van der Waals surface area contributed by atoms with E-state index < -0.39 is 82.6 Å². The number of ether oxygens (including phenoxy) is 1. The van der Waals surface area contributed by atoms with Crippen LogP contribution in [0.1, 0.15) is 45.1 Å². The molecule has 5 aliphatic rings. The lowest BCUT2D eigenvalue weighted by Gasteiger charge is -2.53. The SMILES string of the molecule is C=C1[C@@H](O)[C@@H]2/C=C\C[C@H](C)CCCC(=O)C3=C(/C=C/C(=O)[C@]24C(=O)N[C@@H](Cc2ccccc2)[C@@H]4[C@H]1C)[C@]1(C(N)=O)[C@@H]([C@@H](O)[C@@H]1O)[C@@H]3OC. The molecule has 48 heavy (non-hydrogen) atoms. The molecule has 12 atom stereocenters. The maximum absolute atomic E-state index is 14.9. The van der Waals surface area contributed by atoms with Crippen molar-refractivity contribution in [3.63, 3.8) is 0 Å². The Morgan fingerprint density at radius 2 is 1.79 bits per heavy atom. The summed E-state index contributed by atoms with van der Waals surface area (Å²) >= 11 is 0. The highest BCUT2D eigenvalue weighted by atomic mass is 16.5. The van der Waals surface area contributed by atoms with Crippen molar-refractivity contribution in [2.75, 3.05) is 7.11 Å². The van der Waals surface area contributed by atoms with Crippen molar-refractivity contribution in [3.05, 3.63) is 83.5 Å². The number of carbonyl (C=O) groups is 4. The molecule has 1 heterocycles. The van der Waals surface area contributed by atoms with Crippen molar-refractivity contribution < 1.29 is 39.2 Å². The summed E-state index contributed by atoms with van der Waals surface area (Å²) in [5.41, 5.74) is 3.95. The van der Waals surface area contributed by atoms with Crippen LogP contribution < -0.4 is 11.1 Å². The van der Waals surface area contributed by atoms with Crippen LogP contribution in [0.2, 0.25) is 0 Å². The van der Waals surface area contributed by atoms with Crippen molar-refractivity contribution >= 4 is 23.4 Å². The topological polar surface area (TPSA) is 176 Å². The van der Waals surface area contributed by atoms with E-state index >= 15 is 0 Å². The van der Waals surface area contributed by atoms with Gasteiger partial charge in [-0.2, -0.15) is 0 Å². The van der Waals surface area contributed by atoms with Gasteiger partial charge >= 0.3 is 0 Å². The second kappa shape index (κ2) is 12.6. The molecule has 1 aromatic carbocycles. The van der Waals surface area contributed by atoms with Gasteiger partial charge in [0.05, 0.1) is 24.4 Å². The minimum absolute atomic E-state index is 0.0269. The summed E-state index contributed by atoms with van der Waals surface area (Å²) in [5, 5.41) is 36.8. The number of hydrogen-bond acceptors (Lipinski definition) is 8. The molecule has 0 bridgehead atoms. The van der Waals surface area contributed by atoms with E-state index in [1.165, 1.54) is 19.3 Å². The standard InChI is InChI=1S/C38H46N2O8/c1-19-10-8-14-24-31(43)21(3)20(2)29-25(18-22-12-6-5-7-13-22)40-36(47)37(24,29)27(42)17-16-23-28(26(41)15-9-11-19)33(48-4)30-32(44)34(45)38(23,30)35(39)46/h5-8,12-14,16-17,19-20,24-25,29-34,43-45H,3,9-11,15,18H2,1-2,4H3,(H2,39,46)(H,40,47)/b14-8-,17-16+/t19-,20-,24-,25-,29-,30-,31+,32+,33+,34-,37+,38-/m0/s1. The maximum atomic E-state index is 14.9. The number of ketones is 2. The zero-order valence-corrected chi connectivity index (χ0v) is 27.7. The van der Waals surface area contributed by atoms with Crippen LogP contribution in [-0.2, 0) is 30.3 Å². The number of aliphatic hydroxyl groups is 3. The minimum Gasteiger partial charge on any atom is -0.390 e. The first-order valence-electron chi connectivity index (χ1n) is 16.9. The number of primary amides is 1. The summed E-state index contributed by atoms with van der Waals surface area (Å²) in [6.45, 7) is 8.15. The Morgan fingerprint density at radius 1 is 1.08 bits per heavy atom. The van der Waals surface area contributed by atoms with E-state index in [2.05, 4.69) is 11.9 Å². The zero-order chi connectivity index (χ0) is 34.7. The van der Waals surface area contributed by atoms with Gasteiger partial charge in [0.25, 0.3) is 0 Å². The summed E-state index contributed by atoms with van der Waals surface area (Å²) in [6.07, 6.45) is 3.31. The zero-order valence-electron chi connectivity index (χ0n) is 27.7. The Kier molecular flexibility index (Phi) is 9.00. The van der Waals surface area contributed by atoms with Gasteiger partial charge in [0.1, 0.15) is 10.8 Å². The quantitative estimate of drug-likeness (QED) is 0.241. The molecule has 10 nitrogen and oxygen atoms in total. The summed E-state index contributed by atoms with van der Waals surface area (Å²) in [5.74, 6) is -5.27. The number of benzene rings is 1. The highest BCUT2D eigenvalue weighted by Gasteiger charge is 2.74. The Labute approximate surface area is 280 Å². The fourth-order valence-corrected chi connectivity index (χ4v) is 9.67. The van der Waals surface area contributed by atoms with Crippen molar-refractivity contribution in [1.29, 1.82) is 0 Å². The van der Waals surface area contributed by atoms with E-state index in [4.69, 9.17) is 10.5 Å². The lowest BCUT2D eigenvalue weighted by atomic mass is 9.51. The number of methoxy groups -OCH3 is 1. The first kappa shape index (κ1) is 34.2. The summed E-state index contributed by atoms with van der Waals surface area (Å²) < 4.78 is 5.70. The molecular formula is C38H46N2O8. The van der Waals surface area contributed by atoms with E-state index in [1.807, 2.05) is 50.3 Å². The average Bonchev–Trinajstić information content (AvgIpc) is 3.51. The molecule has 0 aromatic heterocycles. The lowest BCUT2D eigenvalue weighted by Crippen LogP contribution is -2.70. The third-order valence-electron chi connectivity index (χ3n) is 12.1. The molecule has 0 unspecified atom stereocenters. The van der Waals surface area contributed by atoms with Crippen LogP contribution >= 0.6 is 0 Å². The molecule has 10 heteroatoms. The van der Waals surface area contributed by atoms with Gasteiger partial charge in [-0.25, -0.2) is 0 Å². The Balaban J connectivity index is 1.55. The highest BCUT2D eigenvalue weighted by molar-refractivity contribution is 6.14. The number of nitrogens with two attached hydrogens (primary N) is 1. The Bertz CT molecular complexity index is 1610. The second-order valence-corrected chi connectivity index (χ2v) is 14.5. The maximum Gasteiger partial charge on any atom is 0.235 e. The number of rotatable bonds is 4. The van der Waals surface area contributed by atoms with Gasteiger partial charge in [0.2, 0.25) is 11.8 Å². The first-order valence-corrected chi connectivity index (χ1v) is 16.9. The van der Waals surface area contributed by atoms with E-state index in [0.29, 0.717) is 31.3 Å². The molecule has 256 valence electrons. The second-order valence-electron chi connectivity index (χ2n) is 14.5. The van der Waals surface area contributed by atoms with Crippen LogP contribution in [0.3, 0.4) is 0 Å². The van der Waals surface area contributed by atoms with Crippen LogP contribution in [0.4, 0.5) is 0 Å². The van der Waals surface area contributed by atoms with Gasteiger partial charge in [-0.05, 0) is 60.3 Å². The van der Waals surface area contributed by atoms with Gasteiger partial charge in [-0.3, -0.25) is 19.2 Å². The molecule has 1 spiro atoms. The van der Waals surface area contributed by atoms with Crippen molar-refractivity contribution in [2.24, 2.45) is 46.2 Å². The van der Waals surface area contributed by atoms with Gasteiger partial charge in [0, 0.05) is 42.9 Å². The fraction of sp³-hybridized carbons (Fsp3) is 0.526. The summed E-state index contributed by atoms with van der Waals surface area (Å²) in [6, 6.07) is 9.19. The van der Waals surface area contributed by atoms with Gasteiger partial charge in [-0.15, -0.1) is 0 Å². The van der Waals surface area contributed by atoms with Crippen molar-refractivity contribution in [2.45, 2.75) is 76.4 Å². The van der Waals surface area contributed by atoms with Crippen molar-refractivity contribution in [3.8, 4) is 0 Å². The minimum atomic E-state index is -1.87. The van der Waals surface area contributed by atoms with Crippen LogP contribution in [0.15, 0.2) is 77.9 Å². The monoisotopic (exact) mass is 658 g/mol. The number of amides is 2. The van der Waals surface area contributed by atoms with Gasteiger partial charge < -0.3 is 31.1 Å². The van der Waals surface area contributed by atoms with Gasteiger partial charge in [0.15, 0.2) is 11.6 Å². The normalized spacial score (nSPS) is 42.7. The predicted molar refractivity (Wildman–Crippen MR) is 177 cm³/mol. The van der Waals surface area contributed by atoms with Crippen molar-refractivity contribution in [1.82, 2.24) is 5.32 Å². The largest absolute Gasteiger partial charge is 0.390 e. The van der Waals surface area contributed by atoms with Gasteiger partial charge in [-0.1, -0.05) is 69.0 Å². The average molecular weight is 659 g/mol. The molecule has 6 N–H and O–H groups in total. The number of nitrogens with one attached hydrogen (secondary N) is 1. The number of fused-ring (bicyclic) bond motifs is 2. The summed E-state index contributed by atoms with van der Waals surface area (Å²) in [4.78, 5) is 56.5. The van der Waals surface area contributed by atoms with E-state index in [9.17, 15) is 34.5 Å². The highest BCUT2D eigenvalue weighted by Crippen LogP contribution is 2.62. The van der Waals surface area contributed by atoms with Crippen LogP contribution in [0.25, 0.3) is 0 Å². The third-order valence-corrected chi connectivity index (χ3v) is 12.1. The molecule has 2 amide bonds. The van der Waals surface area contributed by atoms with Crippen LogP contribution in [0.5, 0.6) is 0 Å². The molecular weight excluding hydrogens is 612 g/mol. The molecule has 1 aromatic rings. The van der Waals surface area contributed by atoms with E-state index in [1.54, 1.807) is 6.08 Å². The lowest BCUT2D eigenvalue weighted by molar-refractivity contribution is -0.213. The van der Waals surface area contributed by atoms with E-state index in [-0.39, 0.29) is 29.3 Å².